The second kappa shape index (κ2) is 6.89. The van der Waals surface area contributed by atoms with E-state index in [1.165, 1.54) is 6.07 Å². The highest BCUT2D eigenvalue weighted by atomic mass is 35.5. The zero-order valence-electron chi connectivity index (χ0n) is 9.31. The normalized spacial score (nSPS) is 9.22. The molecule has 0 aliphatic carbocycles. The van der Waals surface area contributed by atoms with Crippen LogP contribution in [-0.4, -0.2) is 11.1 Å². The summed E-state index contributed by atoms with van der Waals surface area (Å²) in [5.74, 6) is -0.995. The first-order chi connectivity index (χ1) is 8.50. The Morgan fingerprint density at radius 3 is 2.11 bits per heavy atom. The lowest BCUT2D eigenvalue weighted by atomic mass is 10.2. The molecule has 0 heterocycles. The largest absolute Gasteiger partial charge is 0.478 e. The molecule has 2 aromatic rings. The van der Waals surface area contributed by atoms with Crippen molar-refractivity contribution in [2.75, 3.05) is 5.73 Å². The average molecular weight is 284 g/mol. The van der Waals surface area contributed by atoms with Crippen LogP contribution in [0.15, 0.2) is 48.5 Å². The molecule has 0 aliphatic heterocycles. The molecule has 0 amide bonds. The molecule has 0 atom stereocenters. The van der Waals surface area contributed by atoms with Crippen molar-refractivity contribution < 1.29 is 9.90 Å². The van der Waals surface area contributed by atoms with Crippen LogP contribution in [0.4, 0.5) is 5.69 Å². The molecule has 3 N–H and O–H groups in total. The third-order valence-electron chi connectivity index (χ3n) is 1.95. The fraction of sp³-hybridized carbons (Fsp3) is 0. The summed E-state index contributed by atoms with van der Waals surface area (Å²) >= 11 is 11.1. The summed E-state index contributed by atoms with van der Waals surface area (Å²) in [4.78, 5) is 10.3. The van der Waals surface area contributed by atoms with Crippen LogP contribution in [-0.2, 0) is 0 Å². The van der Waals surface area contributed by atoms with Gasteiger partial charge in [0.15, 0.2) is 0 Å². The van der Waals surface area contributed by atoms with Gasteiger partial charge in [-0.25, -0.2) is 4.79 Å². The van der Waals surface area contributed by atoms with Gasteiger partial charge < -0.3 is 10.8 Å². The number of nitrogen functional groups attached to an aromatic ring is 1. The highest BCUT2D eigenvalue weighted by Gasteiger charge is 2.04. The van der Waals surface area contributed by atoms with Crippen LogP contribution in [0.2, 0.25) is 10.0 Å². The summed E-state index contributed by atoms with van der Waals surface area (Å²) in [5, 5.41) is 9.44. The molecule has 0 spiro atoms. The van der Waals surface area contributed by atoms with Crippen molar-refractivity contribution in [1.29, 1.82) is 0 Å². The minimum absolute atomic E-state index is 0.143. The van der Waals surface area contributed by atoms with Gasteiger partial charge in [-0.3, -0.25) is 0 Å². The summed E-state index contributed by atoms with van der Waals surface area (Å²) in [7, 11) is 0. The monoisotopic (exact) mass is 283 g/mol. The third kappa shape index (κ3) is 4.65. The predicted octanol–water partition coefficient (Wildman–Crippen LogP) is 3.96. The molecule has 0 fully saturated rings. The molecule has 0 aromatic heterocycles. The molecular formula is C13H11Cl2NO2. The summed E-state index contributed by atoms with van der Waals surface area (Å²) in [6.45, 7) is 0. The van der Waals surface area contributed by atoms with Crippen LogP contribution in [0.1, 0.15) is 10.4 Å². The molecular weight excluding hydrogens is 273 g/mol. The van der Waals surface area contributed by atoms with Crippen molar-refractivity contribution in [2.24, 2.45) is 0 Å². The number of hydrogen-bond donors (Lipinski definition) is 2. The number of halogens is 2. The molecule has 2 rings (SSSR count). The number of carboxylic acids is 1. The Bertz CT molecular complexity index is 527. The maximum Gasteiger partial charge on any atom is 0.337 e. The highest BCUT2D eigenvalue weighted by Crippen LogP contribution is 2.13. The summed E-state index contributed by atoms with van der Waals surface area (Å²) in [6.07, 6.45) is 0. The number of carboxylic acid groups (broad SMARTS) is 1. The standard InChI is InChI=1S/C7H5ClO2.C6H6ClN/c8-6-4-2-1-3-5(6)7(9)10;7-5-2-1-3-6(8)4-5/h1-4H,(H,9,10);1-4H,8H2. The number of carbonyl (C=O) groups is 1. The van der Waals surface area contributed by atoms with Gasteiger partial charge in [0.1, 0.15) is 0 Å². The quantitative estimate of drug-likeness (QED) is 0.779. The van der Waals surface area contributed by atoms with Crippen molar-refractivity contribution in [1.82, 2.24) is 0 Å². The van der Waals surface area contributed by atoms with E-state index in [-0.39, 0.29) is 10.6 Å². The molecule has 0 unspecified atom stereocenters. The minimum Gasteiger partial charge on any atom is -0.478 e. The molecule has 3 nitrogen and oxygen atoms in total. The SMILES string of the molecule is Nc1cccc(Cl)c1.O=C(O)c1ccccc1Cl. The number of nitrogens with two attached hydrogens (primary N) is 1. The van der Waals surface area contributed by atoms with Gasteiger partial charge in [0, 0.05) is 10.7 Å². The van der Waals surface area contributed by atoms with E-state index in [0.29, 0.717) is 10.7 Å². The van der Waals surface area contributed by atoms with Gasteiger partial charge in [-0.15, -0.1) is 0 Å². The number of rotatable bonds is 1. The predicted molar refractivity (Wildman–Crippen MR) is 74.3 cm³/mol. The highest BCUT2D eigenvalue weighted by molar-refractivity contribution is 6.33. The molecule has 0 saturated heterocycles. The first-order valence-corrected chi connectivity index (χ1v) is 5.75. The van der Waals surface area contributed by atoms with Gasteiger partial charge in [0.25, 0.3) is 0 Å². The molecule has 0 saturated carbocycles. The zero-order chi connectivity index (χ0) is 13.5. The smallest absolute Gasteiger partial charge is 0.337 e. The Hall–Kier alpha value is -1.71. The Morgan fingerprint density at radius 2 is 1.72 bits per heavy atom. The maximum atomic E-state index is 10.3. The Kier molecular flexibility index (Phi) is 5.49. The van der Waals surface area contributed by atoms with Gasteiger partial charge in [0.05, 0.1) is 10.6 Å². The van der Waals surface area contributed by atoms with E-state index < -0.39 is 5.97 Å². The number of aromatic carboxylic acids is 1. The number of benzene rings is 2. The van der Waals surface area contributed by atoms with Crippen LogP contribution < -0.4 is 5.73 Å². The Balaban J connectivity index is 0.000000184. The first kappa shape index (κ1) is 14.4. The van der Waals surface area contributed by atoms with Crippen LogP contribution in [0.25, 0.3) is 0 Å². The van der Waals surface area contributed by atoms with Crippen molar-refractivity contribution in [3.05, 3.63) is 64.1 Å². The van der Waals surface area contributed by atoms with Gasteiger partial charge in [-0.2, -0.15) is 0 Å². The van der Waals surface area contributed by atoms with E-state index >= 15 is 0 Å². The topological polar surface area (TPSA) is 63.3 Å². The zero-order valence-corrected chi connectivity index (χ0v) is 10.8. The van der Waals surface area contributed by atoms with E-state index in [1.54, 1.807) is 36.4 Å². The summed E-state index contributed by atoms with van der Waals surface area (Å²) in [5.41, 5.74) is 6.22. The molecule has 18 heavy (non-hydrogen) atoms. The van der Waals surface area contributed by atoms with E-state index in [4.69, 9.17) is 34.0 Å². The van der Waals surface area contributed by atoms with E-state index in [1.807, 2.05) is 6.07 Å². The van der Waals surface area contributed by atoms with Gasteiger partial charge in [0.2, 0.25) is 0 Å². The molecule has 0 radical (unpaired) electrons. The van der Waals surface area contributed by atoms with Gasteiger partial charge >= 0.3 is 5.97 Å². The summed E-state index contributed by atoms with van der Waals surface area (Å²) in [6, 6.07) is 13.4. The van der Waals surface area contributed by atoms with Crippen molar-refractivity contribution in [3.63, 3.8) is 0 Å². The maximum absolute atomic E-state index is 10.3. The summed E-state index contributed by atoms with van der Waals surface area (Å²) < 4.78 is 0. The third-order valence-corrected chi connectivity index (χ3v) is 2.52. The molecule has 0 aliphatic rings. The van der Waals surface area contributed by atoms with E-state index in [2.05, 4.69) is 0 Å². The van der Waals surface area contributed by atoms with Crippen LogP contribution in [0, 0.1) is 0 Å². The van der Waals surface area contributed by atoms with E-state index in [0.717, 1.165) is 0 Å². The van der Waals surface area contributed by atoms with Gasteiger partial charge in [-0.1, -0.05) is 41.4 Å². The van der Waals surface area contributed by atoms with Crippen LogP contribution in [0.3, 0.4) is 0 Å². The second-order valence-electron chi connectivity index (χ2n) is 3.34. The number of anilines is 1. The average Bonchev–Trinajstić information content (AvgIpc) is 2.29. The van der Waals surface area contributed by atoms with Crippen molar-refractivity contribution >= 4 is 34.9 Å². The Morgan fingerprint density at radius 1 is 1.06 bits per heavy atom. The lowest BCUT2D eigenvalue weighted by Gasteiger charge is -1.94. The minimum atomic E-state index is -0.995. The lowest BCUT2D eigenvalue weighted by Crippen LogP contribution is -1.95. The van der Waals surface area contributed by atoms with Crippen molar-refractivity contribution in [3.8, 4) is 0 Å². The fourth-order valence-corrected chi connectivity index (χ4v) is 1.56. The van der Waals surface area contributed by atoms with Crippen LogP contribution in [0.5, 0.6) is 0 Å². The second-order valence-corrected chi connectivity index (χ2v) is 4.18. The van der Waals surface area contributed by atoms with E-state index in [9.17, 15) is 4.79 Å². The molecule has 2 aromatic carbocycles. The molecule has 5 heteroatoms. The number of hydrogen-bond acceptors (Lipinski definition) is 2. The van der Waals surface area contributed by atoms with Gasteiger partial charge in [-0.05, 0) is 30.3 Å². The van der Waals surface area contributed by atoms with Crippen molar-refractivity contribution in [2.45, 2.75) is 0 Å². The molecule has 94 valence electrons. The fourth-order valence-electron chi connectivity index (χ4n) is 1.14. The first-order valence-electron chi connectivity index (χ1n) is 4.99. The molecule has 0 bridgehead atoms. The lowest BCUT2D eigenvalue weighted by molar-refractivity contribution is 0.0697. The van der Waals surface area contributed by atoms with Crippen LogP contribution >= 0.6 is 23.2 Å². The Labute approximate surface area is 115 Å².